The smallest absolute Gasteiger partial charge is 0.254 e. The number of amides is 2. The Morgan fingerprint density at radius 2 is 1.85 bits per heavy atom. The summed E-state index contributed by atoms with van der Waals surface area (Å²) in [5.41, 5.74) is 6.95. The van der Waals surface area contributed by atoms with Crippen molar-refractivity contribution >= 4 is 28.8 Å². The summed E-state index contributed by atoms with van der Waals surface area (Å²) in [7, 11) is 0. The van der Waals surface area contributed by atoms with E-state index < -0.39 is 0 Å². The molecule has 8 nitrogen and oxygen atoms in total. The van der Waals surface area contributed by atoms with Gasteiger partial charge in [0, 0.05) is 48.8 Å². The van der Waals surface area contributed by atoms with Crippen molar-refractivity contribution in [3.63, 3.8) is 0 Å². The van der Waals surface area contributed by atoms with E-state index in [2.05, 4.69) is 21.7 Å². The molecule has 1 saturated heterocycles. The first kappa shape index (κ1) is 20.4. The normalized spacial score (nSPS) is 15.3. The predicted molar refractivity (Wildman–Crippen MR) is 128 cm³/mol. The van der Waals surface area contributed by atoms with Crippen LogP contribution in [0.25, 0.3) is 16.9 Å². The summed E-state index contributed by atoms with van der Waals surface area (Å²) in [5, 5.41) is 6.29. The zero-order valence-corrected chi connectivity index (χ0v) is 18.5. The summed E-state index contributed by atoms with van der Waals surface area (Å²) in [4.78, 5) is 30.9. The second-order valence-corrected chi connectivity index (χ2v) is 8.41. The summed E-state index contributed by atoms with van der Waals surface area (Å²) in [6.07, 6.45) is 3.70. The minimum absolute atomic E-state index is 0.0217. The number of rotatable bonds is 4. The van der Waals surface area contributed by atoms with Crippen molar-refractivity contribution in [3.8, 4) is 11.3 Å². The molecular formula is C26H23N5O3. The SMILES string of the molecule is O=C1NCc2cc(-c3ccc(Nc4ccc(C(=O)N5CCOCC5)cc4)c4nccn34)ccc21. The zero-order valence-electron chi connectivity index (χ0n) is 18.5. The Kier molecular flexibility index (Phi) is 5.00. The maximum Gasteiger partial charge on any atom is 0.254 e. The van der Waals surface area contributed by atoms with Gasteiger partial charge in [-0.05, 0) is 59.7 Å². The van der Waals surface area contributed by atoms with Crippen molar-refractivity contribution in [3.05, 3.63) is 83.7 Å². The second kappa shape index (κ2) is 8.31. The second-order valence-electron chi connectivity index (χ2n) is 8.41. The van der Waals surface area contributed by atoms with Gasteiger partial charge in [-0.3, -0.25) is 14.0 Å². The lowest BCUT2D eigenvalue weighted by molar-refractivity contribution is 0.0303. The highest BCUT2D eigenvalue weighted by atomic mass is 16.5. The van der Waals surface area contributed by atoms with Crippen LogP contribution in [0.2, 0.25) is 0 Å². The summed E-state index contributed by atoms with van der Waals surface area (Å²) in [6.45, 7) is 2.98. The van der Waals surface area contributed by atoms with Gasteiger partial charge in [-0.1, -0.05) is 6.07 Å². The Labute approximate surface area is 196 Å². The molecule has 34 heavy (non-hydrogen) atoms. The van der Waals surface area contributed by atoms with E-state index >= 15 is 0 Å². The van der Waals surface area contributed by atoms with E-state index in [1.807, 2.05) is 64.0 Å². The average Bonchev–Trinajstić information content (AvgIpc) is 3.52. The molecule has 170 valence electrons. The van der Waals surface area contributed by atoms with Crippen LogP contribution in [0.3, 0.4) is 0 Å². The molecule has 0 saturated carbocycles. The van der Waals surface area contributed by atoms with E-state index in [9.17, 15) is 9.59 Å². The van der Waals surface area contributed by atoms with Crippen LogP contribution in [-0.4, -0.2) is 52.4 Å². The van der Waals surface area contributed by atoms with E-state index in [4.69, 9.17) is 4.74 Å². The van der Waals surface area contributed by atoms with E-state index in [1.54, 1.807) is 6.20 Å². The van der Waals surface area contributed by atoms with Gasteiger partial charge >= 0.3 is 0 Å². The van der Waals surface area contributed by atoms with Crippen molar-refractivity contribution in [1.82, 2.24) is 19.6 Å². The molecule has 8 heteroatoms. The van der Waals surface area contributed by atoms with Crippen molar-refractivity contribution < 1.29 is 14.3 Å². The highest BCUT2D eigenvalue weighted by Gasteiger charge is 2.20. The maximum absolute atomic E-state index is 12.7. The molecule has 0 bridgehead atoms. The third-order valence-corrected chi connectivity index (χ3v) is 6.34. The summed E-state index contributed by atoms with van der Waals surface area (Å²) in [5.74, 6) is 0.00707. The van der Waals surface area contributed by atoms with Gasteiger partial charge in [0.2, 0.25) is 0 Å². The molecule has 0 unspecified atom stereocenters. The lowest BCUT2D eigenvalue weighted by Gasteiger charge is -2.26. The number of hydrogen-bond donors (Lipinski definition) is 2. The van der Waals surface area contributed by atoms with Crippen molar-refractivity contribution in [2.75, 3.05) is 31.6 Å². The number of hydrogen-bond acceptors (Lipinski definition) is 5. The number of benzene rings is 2. The Morgan fingerprint density at radius 3 is 2.68 bits per heavy atom. The van der Waals surface area contributed by atoms with Gasteiger partial charge in [0.25, 0.3) is 11.8 Å². The number of fused-ring (bicyclic) bond motifs is 2. The molecule has 6 rings (SSSR count). The lowest BCUT2D eigenvalue weighted by Crippen LogP contribution is -2.40. The molecule has 0 spiro atoms. The first-order valence-electron chi connectivity index (χ1n) is 11.3. The standard InChI is InChI=1S/C26H23N5O3/c32-25-21-6-3-18(15-19(21)16-28-25)23-8-7-22(24-27-9-10-31(23)24)29-20-4-1-17(2-5-20)26(33)30-11-13-34-14-12-30/h1-10,15,29H,11-14,16H2,(H,28,32). The quantitative estimate of drug-likeness (QED) is 0.494. The van der Waals surface area contributed by atoms with Gasteiger partial charge in [-0.25, -0.2) is 4.98 Å². The first-order valence-corrected chi connectivity index (χ1v) is 11.3. The highest BCUT2D eigenvalue weighted by molar-refractivity contribution is 5.99. The topological polar surface area (TPSA) is 88.0 Å². The van der Waals surface area contributed by atoms with Gasteiger partial charge < -0.3 is 20.3 Å². The fourth-order valence-corrected chi connectivity index (χ4v) is 4.54. The van der Waals surface area contributed by atoms with Crippen LogP contribution in [0.15, 0.2) is 67.0 Å². The molecule has 2 N–H and O–H groups in total. The Morgan fingerprint density at radius 1 is 1.03 bits per heavy atom. The fourth-order valence-electron chi connectivity index (χ4n) is 4.54. The summed E-state index contributed by atoms with van der Waals surface area (Å²) < 4.78 is 7.36. The number of ether oxygens (including phenoxy) is 1. The number of carbonyl (C=O) groups excluding carboxylic acids is 2. The zero-order chi connectivity index (χ0) is 23.1. The van der Waals surface area contributed by atoms with Crippen LogP contribution in [0.5, 0.6) is 0 Å². The number of nitrogens with zero attached hydrogens (tertiary/aromatic N) is 3. The van der Waals surface area contributed by atoms with Crippen LogP contribution in [0, 0.1) is 0 Å². The Bertz CT molecular complexity index is 1400. The van der Waals surface area contributed by atoms with Crippen LogP contribution in [0.1, 0.15) is 26.3 Å². The van der Waals surface area contributed by atoms with Crippen molar-refractivity contribution in [2.24, 2.45) is 0 Å². The van der Waals surface area contributed by atoms with Gasteiger partial charge in [0.05, 0.1) is 24.6 Å². The molecule has 4 aromatic rings. The molecule has 2 aromatic carbocycles. The third-order valence-electron chi connectivity index (χ3n) is 6.34. The molecule has 2 aromatic heterocycles. The number of anilines is 2. The molecule has 0 radical (unpaired) electrons. The molecule has 0 aliphatic carbocycles. The molecule has 2 aliphatic heterocycles. The van der Waals surface area contributed by atoms with Crippen LogP contribution < -0.4 is 10.6 Å². The minimum atomic E-state index is -0.0217. The van der Waals surface area contributed by atoms with Crippen LogP contribution in [0.4, 0.5) is 11.4 Å². The van der Waals surface area contributed by atoms with Gasteiger partial charge in [0.1, 0.15) is 0 Å². The van der Waals surface area contributed by atoms with Crippen LogP contribution in [-0.2, 0) is 11.3 Å². The van der Waals surface area contributed by atoms with E-state index in [-0.39, 0.29) is 11.8 Å². The van der Waals surface area contributed by atoms with Gasteiger partial charge in [0.15, 0.2) is 5.65 Å². The van der Waals surface area contributed by atoms with Gasteiger partial charge in [-0.2, -0.15) is 0 Å². The number of nitrogens with one attached hydrogen (secondary N) is 2. The lowest BCUT2D eigenvalue weighted by atomic mass is 10.0. The predicted octanol–water partition coefficient (Wildman–Crippen LogP) is 3.46. The molecular weight excluding hydrogens is 430 g/mol. The molecule has 2 amide bonds. The third kappa shape index (κ3) is 3.58. The first-order chi connectivity index (χ1) is 16.7. The number of morpholine rings is 1. The molecule has 4 heterocycles. The van der Waals surface area contributed by atoms with Crippen molar-refractivity contribution in [2.45, 2.75) is 6.54 Å². The Balaban J connectivity index is 1.26. The minimum Gasteiger partial charge on any atom is -0.378 e. The molecule has 0 atom stereocenters. The number of aromatic nitrogens is 2. The number of carbonyl (C=O) groups is 2. The van der Waals surface area contributed by atoms with E-state index in [1.165, 1.54) is 0 Å². The number of imidazole rings is 1. The summed E-state index contributed by atoms with van der Waals surface area (Å²) in [6, 6.07) is 17.4. The maximum atomic E-state index is 12.7. The number of pyridine rings is 1. The average molecular weight is 454 g/mol. The highest BCUT2D eigenvalue weighted by Crippen LogP contribution is 2.30. The van der Waals surface area contributed by atoms with E-state index in [0.717, 1.165) is 39.4 Å². The van der Waals surface area contributed by atoms with E-state index in [0.29, 0.717) is 38.4 Å². The van der Waals surface area contributed by atoms with Gasteiger partial charge in [-0.15, -0.1) is 0 Å². The van der Waals surface area contributed by atoms with Crippen molar-refractivity contribution in [1.29, 1.82) is 0 Å². The molecule has 2 aliphatic rings. The Hall–Kier alpha value is -4.17. The van der Waals surface area contributed by atoms with Crippen LogP contribution >= 0.6 is 0 Å². The largest absolute Gasteiger partial charge is 0.378 e. The molecule has 1 fully saturated rings. The fraction of sp³-hybridized carbons (Fsp3) is 0.192. The monoisotopic (exact) mass is 453 g/mol. The summed E-state index contributed by atoms with van der Waals surface area (Å²) >= 11 is 0.